The van der Waals surface area contributed by atoms with E-state index in [1.54, 1.807) is 41.1 Å². The number of aryl methyl sites for hydroxylation is 1. The van der Waals surface area contributed by atoms with Gasteiger partial charge in [-0.1, -0.05) is 17.7 Å². The number of carboxylic acid groups (broad SMARTS) is 1. The molecule has 2 aromatic carbocycles. The van der Waals surface area contributed by atoms with Gasteiger partial charge in [-0.15, -0.1) is 0 Å². The van der Waals surface area contributed by atoms with Gasteiger partial charge in [-0.05, 0) is 48.4 Å². The predicted octanol–water partition coefficient (Wildman–Crippen LogP) is 4.88. The second-order valence-electron chi connectivity index (χ2n) is 6.17. The number of nitrogens with zero attached hydrogens (tertiary/aromatic N) is 2. The summed E-state index contributed by atoms with van der Waals surface area (Å²) in [7, 11) is 0. The summed E-state index contributed by atoms with van der Waals surface area (Å²) in [6, 6.07) is 13.1. The first-order valence-electron chi connectivity index (χ1n) is 8.58. The lowest BCUT2D eigenvalue weighted by Crippen LogP contribution is -2.07. The van der Waals surface area contributed by atoms with Gasteiger partial charge in [-0.3, -0.25) is 4.79 Å². The van der Waals surface area contributed by atoms with Crippen molar-refractivity contribution >= 4 is 17.6 Å². The third-order valence-corrected chi connectivity index (χ3v) is 4.57. The number of rotatable bonds is 7. The fourth-order valence-corrected chi connectivity index (χ4v) is 2.95. The topological polar surface area (TPSA) is 75.2 Å². The molecule has 0 amide bonds. The summed E-state index contributed by atoms with van der Waals surface area (Å²) in [6.45, 7) is -0.177. The molecule has 0 bridgehead atoms. The molecule has 0 aliphatic rings. The van der Waals surface area contributed by atoms with Gasteiger partial charge in [0.2, 0.25) is 5.82 Å². The van der Waals surface area contributed by atoms with E-state index in [4.69, 9.17) is 21.4 Å². The second kappa shape index (κ2) is 8.76. The first-order chi connectivity index (χ1) is 13.9. The third kappa shape index (κ3) is 4.55. The van der Waals surface area contributed by atoms with Crippen LogP contribution in [0.25, 0.3) is 5.69 Å². The minimum absolute atomic E-state index is 0.0421. The number of hydrogen-bond donors (Lipinski definition) is 1. The van der Waals surface area contributed by atoms with Crippen LogP contribution in [0.15, 0.2) is 48.7 Å². The number of aliphatic carboxylic acids is 1. The molecule has 1 aromatic heterocycles. The van der Waals surface area contributed by atoms with Crippen molar-refractivity contribution < 1.29 is 23.4 Å². The Kier molecular flexibility index (Phi) is 6.15. The van der Waals surface area contributed by atoms with Gasteiger partial charge in [0.25, 0.3) is 0 Å². The van der Waals surface area contributed by atoms with Crippen molar-refractivity contribution in [2.45, 2.75) is 19.4 Å². The molecule has 0 unspecified atom stereocenters. The van der Waals surface area contributed by atoms with E-state index in [0.29, 0.717) is 16.3 Å². The molecular formula is C21H15ClF2N2O3. The molecule has 1 N–H and O–H groups in total. The highest BCUT2D eigenvalue weighted by Crippen LogP contribution is 2.26. The average Bonchev–Trinajstić information content (AvgIpc) is 3.11. The number of halogens is 3. The van der Waals surface area contributed by atoms with Crippen molar-refractivity contribution in [3.8, 4) is 17.5 Å². The maximum atomic E-state index is 14.3. The Morgan fingerprint density at radius 2 is 1.86 bits per heavy atom. The number of nitriles is 1. The highest BCUT2D eigenvalue weighted by molar-refractivity contribution is 6.30. The largest absolute Gasteiger partial charge is 0.484 e. The summed E-state index contributed by atoms with van der Waals surface area (Å²) in [6.07, 6.45) is 1.24. The van der Waals surface area contributed by atoms with E-state index in [-0.39, 0.29) is 30.8 Å². The zero-order valence-electron chi connectivity index (χ0n) is 15.0. The van der Waals surface area contributed by atoms with Gasteiger partial charge in [0.15, 0.2) is 11.6 Å². The predicted molar refractivity (Wildman–Crippen MR) is 102 cm³/mol. The van der Waals surface area contributed by atoms with Crippen LogP contribution in [-0.4, -0.2) is 15.6 Å². The average molecular weight is 417 g/mol. The maximum Gasteiger partial charge on any atom is 0.303 e. The quantitative estimate of drug-likeness (QED) is 0.595. The molecule has 0 radical (unpaired) electrons. The fourth-order valence-electron chi connectivity index (χ4n) is 2.82. The number of ether oxygens (including phenoxy) is 1. The van der Waals surface area contributed by atoms with E-state index in [1.165, 1.54) is 12.1 Å². The Morgan fingerprint density at radius 1 is 1.14 bits per heavy atom. The Hall–Kier alpha value is -3.37. The Balaban J connectivity index is 1.84. The molecule has 8 heteroatoms. The maximum absolute atomic E-state index is 14.3. The van der Waals surface area contributed by atoms with E-state index < -0.39 is 17.6 Å². The summed E-state index contributed by atoms with van der Waals surface area (Å²) in [5.41, 5.74) is 1.48. The summed E-state index contributed by atoms with van der Waals surface area (Å²) in [5.74, 6) is -3.76. The van der Waals surface area contributed by atoms with Crippen LogP contribution in [0.4, 0.5) is 8.78 Å². The van der Waals surface area contributed by atoms with Crippen molar-refractivity contribution in [1.82, 2.24) is 4.57 Å². The van der Waals surface area contributed by atoms with Crippen molar-refractivity contribution in [3.05, 3.63) is 82.1 Å². The number of benzene rings is 2. The SMILES string of the molecule is N#Cc1ccn(-c2ccc(Cl)cc2)c1COc1ccc(CCC(=O)O)c(F)c1F. The van der Waals surface area contributed by atoms with Crippen LogP contribution < -0.4 is 4.74 Å². The van der Waals surface area contributed by atoms with Gasteiger partial charge in [0.1, 0.15) is 12.7 Å². The lowest BCUT2D eigenvalue weighted by molar-refractivity contribution is -0.136. The van der Waals surface area contributed by atoms with Crippen LogP contribution in [0.5, 0.6) is 5.75 Å². The lowest BCUT2D eigenvalue weighted by atomic mass is 10.1. The zero-order valence-corrected chi connectivity index (χ0v) is 15.8. The van der Waals surface area contributed by atoms with Crippen LogP contribution >= 0.6 is 11.6 Å². The van der Waals surface area contributed by atoms with Gasteiger partial charge in [-0.25, -0.2) is 4.39 Å². The zero-order chi connectivity index (χ0) is 21.0. The van der Waals surface area contributed by atoms with Crippen LogP contribution in [0.1, 0.15) is 23.2 Å². The summed E-state index contributed by atoms with van der Waals surface area (Å²) >= 11 is 5.90. The number of carboxylic acids is 1. The molecule has 0 saturated carbocycles. The Morgan fingerprint density at radius 3 is 2.52 bits per heavy atom. The molecule has 0 spiro atoms. The van der Waals surface area contributed by atoms with Gasteiger partial charge >= 0.3 is 5.97 Å². The smallest absolute Gasteiger partial charge is 0.303 e. The van der Waals surface area contributed by atoms with Crippen molar-refractivity contribution in [2.75, 3.05) is 0 Å². The highest BCUT2D eigenvalue weighted by atomic mass is 35.5. The van der Waals surface area contributed by atoms with Crippen molar-refractivity contribution in [1.29, 1.82) is 5.26 Å². The summed E-state index contributed by atoms with van der Waals surface area (Å²) in [4.78, 5) is 10.6. The second-order valence-corrected chi connectivity index (χ2v) is 6.60. The van der Waals surface area contributed by atoms with Crippen LogP contribution in [0, 0.1) is 23.0 Å². The molecule has 0 aliphatic carbocycles. The summed E-state index contributed by atoms with van der Waals surface area (Å²) < 4.78 is 35.7. The fraction of sp³-hybridized carbons (Fsp3) is 0.143. The van der Waals surface area contributed by atoms with Gasteiger partial charge in [0, 0.05) is 23.3 Å². The van der Waals surface area contributed by atoms with E-state index in [0.717, 1.165) is 5.69 Å². The van der Waals surface area contributed by atoms with E-state index >= 15 is 0 Å². The molecule has 29 heavy (non-hydrogen) atoms. The molecule has 1 heterocycles. The first kappa shape index (κ1) is 20.4. The van der Waals surface area contributed by atoms with Gasteiger partial charge < -0.3 is 14.4 Å². The first-order valence-corrected chi connectivity index (χ1v) is 8.96. The molecule has 3 aromatic rings. The van der Waals surface area contributed by atoms with E-state index in [2.05, 4.69) is 0 Å². The lowest BCUT2D eigenvalue weighted by Gasteiger charge is -2.13. The van der Waals surface area contributed by atoms with E-state index in [9.17, 15) is 18.8 Å². The molecular weight excluding hydrogens is 402 g/mol. The Labute approximate surface area is 170 Å². The number of hydrogen-bond acceptors (Lipinski definition) is 3. The Bertz CT molecular complexity index is 1090. The molecule has 148 valence electrons. The minimum Gasteiger partial charge on any atom is -0.484 e. The molecule has 0 fully saturated rings. The van der Waals surface area contributed by atoms with Crippen molar-refractivity contribution in [3.63, 3.8) is 0 Å². The van der Waals surface area contributed by atoms with Gasteiger partial charge in [0.05, 0.1) is 11.3 Å². The molecule has 0 aliphatic heterocycles. The van der Waals surface area contributed by atoms with Crippen LogP contribution in [-0.2, 0) is 17.8 Å². The normalized spacial score (nSPS) is 10.6. The molecule has 5 nitrogen and oxygen atoms in total. The van der Waals surface area contributed by atoms with Crippen molar-refractivity contribution in [2.24, 2.45) is 0 Å². The monoisotopic (exact) mass is 416 g/mol. The third-order valence-electron chi connectivity index (χ3n) is 4.32. The number of carbonyl (C=O) groups is 1. The van der Waals surface area contributed by atoms with Gasteiger partial charge in [-0.2, -0.15) is 9.65 Å². The standard InChI is InChI=1S/C21H15ClF2N2O3/c22-15-3-5-16(6-4-15)26-10-9-14(11-25)17(26)12-29-18-7-1-13(2-8-19(27)28)20(23)21(18)24/h1,3-7,9-10H,2,8,12H2,(H,27,28). The molecule has 0 saturated heterocycles. The highest BCUT2D eigenvalue weighted by Gasteiger charge is 2.17. The van der Waals surface area contributed by atoms with E-state index in [1.807, 2.05) is 6.07 Å². The minimum atomic E-state index is -1.20. The van der Waals surface area contributed by atoms with Crippen LogP contribution in [0.2, 0.25) is 5.02 Å². The van der Waals surface area contributed by atoms with Crippen LogP contribution in [0.3, 0.4) is 0 Å². The summed E-state index contributed by atoms with van der Waals surface area (Å²) in [5, 5.41) is 18.6. The number of aromatic nitrogens is 1. The molecule has 0 atom stereocenters. The molecule has 3 rings (SSSR count).